The zero-order valence-electron chi connectivity index (χ0n) is 25.6. The second-order valence-corrected chi connectivity index (χ2v) is 11.0. The van der Waals surface area contributed by atoms with Gasteiger partial charge in [0.2, 0.25) is 5.91 Å². The number of methoxy groups -OCH3 is 2. The quantitative estimate of drug-likeness (QED) is 0.0960. The Kier molecular flexibility index (Phi) is 10.5. The molecule has 1 amide bonds. The summed E-state index contributed by atoms with van der Waals surface area (Å²) in [5.74, 6) is 1.10. The number of para-hydroxylation sites is 1. The maximum absolute atomic E-state index is 13.2. The first kappa shape index (κ1) is 31.3. The van der Waals surface area contributed by atoms with Crippen LogP contribution in [-0.4, -0.2) is 51.1 Å². The van der Waals surface area contributed by atoms with Crippen molar-refractivity contribution in [3.63, 3.8) is 0 Å². The van der Waals surface area contributed by atoms with Crippen LogP contribution in [0.25, 0.3) is 0 Å². The second-order valence-electron chi connectivity index (χ2n) is 11.0. The molecular formula is C37H38N2O6. The summed E-state index contributed by atoms with van der Waals surface area (Å²) in [6, 6.07) is 30.6. The maximum atomic E-state index is 13.2. The van der Waals surface area contributed by atoms with E-state index in [9.17, 15) is 14.4 Å². The number of carbonyl (C=O) groups is 3. The van der Waals surface area contributed by atoms with Gasteiger partial charge in [-0.15, -0.1) is 0 Å². The van der Waals surface area contributed by atoms with E-state index in [1.54, 1.807) is 37.4 Å². The van der Waals surface area contributed by atoms with E-state index >= 15 is 0 Å². The number of amides is 1. The molecule has 1 aliphatic carbocycles. The molecule has 4 aromatic carbocycles. The van der Waals surface area contributed by atoms with Gasteiger partial charge in [-0.3, -0.25) is 9.59 Å². The van der Waals surface area contributed by atoms with E-state index in [0.717, 1.165) is 24.1 Å². The molecule has 1 saturated carbocycles. The lowest BCUT2D eigenvalue weighted by Gasteiger charge is -2.23. The van der Waals surface area contributed by atoms with Gasteiger partial charge in [0, 0.05) is 47.5 Å². The average molecular weight is 607 g/mol. The molecule has 8 nitrogen and oxygen atoms in total. The van der Waals surface area contributed by atoms with Crippen molar-refractivity contribution in [3.05, 3.63) is 120 Å². The lowest BCUT2D eigenvalue weighted by Crippen LogP contribution is -2.33. The van der Waals surface area contributed by atoms with Gasteiger partial charge in [-0.05, 0) is 61.2 Å². The van der Waals surface area contributed by atoms with Gasteiger partial charge in [0.05, 0.1) is 20.8 Å². The number of benzene rings is 4. The number of anilines is 2. The highest BCUT2D eigenvalue weighted by Crippen LogP contribution is 2.33. The van der Waals surface area contributed by atoms with Crippen molar-refractivity contribution < 1.29 is 28.6 Å². The molecule has 8 heteroatoms. The SMILES string of the molecule is COC(=O)[C@H](Cc1ccc(OCCCN(C(=O)C2CC2)c2cccc(OC)c2)cc1)Nc1ccccc1C(=O)c1ccccc1. The Hall–Kier alpha value is -5.11. The van der Waals surface area contributed by atoms with Gasteiger partial charge >= 0.3 is 5.97 Å². The highest BCUT2D eigenvalue weighted by molar-refractivity contribution is 6.12. The minimum Gasteiger partial charge on any atom is -0.497 e. The van der Waals surface area contributed by atoms with E-state index < -0.39 is 12.0 Å². The summed E-state index contributed by atoms with van der Waals surface area (Å²) >= 11 is 0. The highest BCUT2D eigenvalue weighted by atomic mass is 16.5. The van der Waals surface area contributed by atoms with Crippen molar-refractivity contribution in [1.82, 2.24) is 0 Å². The zero-order chi connectivity index (χ0) is 31.6. The number of hydrogen-bond acceptors (Lipinski definition) is 7. The van der Waals surface area contributed by atoms with E-state index in [4.69, 9.17) is 14.2 Å². The number of ether oxygens (including phenoxy) is 3. The van der Waals surface area contributed by atoms with E-state index in [2.05, 4.69) is 5.32 Å². The molecule has 1 atom stereocenters. The monoisotopic (exact) mass is 606 g/mol. The standard InChI is InChI=1S/C37H38N2O6/c1-43-31-13-8-12-29(25-31)39(36(41)28-18-19-28)22-9-23-45-30-20-16-26(17-21-30)24-34(37(42)44-2)38-33-15-7-6-14-32(33)35(40)27-10-4-3-5-11-27/h3-8,10-17,20-21,25,28,34,38H,9,18-19,22-24H2,1-2H3/t34-/m0/s1. The molecule has 232 valence electrons. The third-order valence-electron chi connectivity index (χ3n) is 7.74. The molecule has 0 aromatic heterocycles. The molecule has 5 rings (SSSR count). The third-order valence-corrected chi connectivity index (χ3v) is 7.74. The summed E-state index contributed by atoms with van der Waals surface area (Å²) in [5.41, 5.74) is 3.34. The predicted octanol–water partition coefficient (Wildman–Crippen LogP) is 6.33. The fourth-order valence-corrected chi connectivity index (χ4v) is 5.14. The Labute approximate surface area is 263 Å². The van der Waals surface area contributed by atoms with Crippen LogP contribution < -0.4 is 19.7 Å². The van der Waals surface area contributed by atoms with Gasteiger partial charge in [0.15, 0.2) is 5.78 Å². The number of rotatable bonds is 15. The van der Waals surface area contributed by atoms with Crippen molar-refractivity contribution in [2.45, 2.75) is 31.7 Å². The predicted molar refractivity (Wildman–Crippen MR) is 174 cm³/mol. The van der Waals surface area contributed by atoms with E-state index in [1.165, 1.54) is 7.11 Å². The first-order valence-electron chi connectivity index (χ1n) is 15.2. The highest BCUT2D eigenvalue weighted by Gasteiger charge is 2.34. The van der Waals surface area contributed by atoms with E-state index in [1.807, 2.05) is 77.7 Å². The molecule has 1 aliphatic rings. The van der Waals surface area contributed by atoms with Crippen LogP contribution in [0.1, 0.15) is 40.7 Å². The van der Waals surface area contributed by atoms with Crippen LogP contribution in [0.5, 0.6) is 11.5 Å². The Balaban J connectivity index is 1.18. The molecule has 0 bridgehead atoms. The van der Waals surface area contributed by atoms with Gasteiger partial charge < -0.3 is 24.4 Å². The Morgan fingerprint density at radius 3 is 2.29 bits per heavy atom. The van der Waals surface area contributed by atoms with Crippen LogP contribution in [-0.2, 0) is 20.7 Å². The molecule has 1 N–H and O–H groups in total. The normalized spacial score (nSPS) is 12.9. The van der Waals surface area contributed by atoms with Crippen LogP contribution in [0.2, 0.25) is 0 Å². The smallest absolute Gasteiger partial charge is 0.328 e. The first-order chi connectivity index (χ1) is 22.0. The fourth-order valence-electron chi connectivity index (χ4n) is 5.14. The Morgan fingerprint density at radius 1 is 0.844 bits per heavy atom. The molecule has 45 heavy (non-hydrogen) atoms. The van der Waals surface area contributed by atoms with Gasteiger partial charge in [-0.2, -0.15) is 0 Å². The van der Waals surface area contributed by atoms with E-state index in [-0.39, 0.29) is 17.6 Å². The Bertz CT molecular complexity index is 1600. The van der Waals surface area contributed by atoms with Crippen molar-refractivity contribution in [1.29, 1.82) is 0 Å². The number of ketones is 1. The summed E-state index contributed by atoms with van der Waals surface area (Å²) in [5, 5.41) is 3.24. The topological polar surface area (TPSA) is 94.2 Å². The lowest BCUT2D eigenvalue weighted by molar-refractivity contribution is -0.141. The number of nitrogens with one attached hydrogen (secondary N) is 1. The summed E-state index contributed by atoms with van der Waals surface area (Å²) in [6.45, 7) is 0.984. The molecule has 0 radical (unpaired) electrons. The summed E-state index contributed by atoms with van der Waals surface area (Å²) in [4.78, 5) is 40.8. The zero-order valence-corrected chi connectivity index (χ0v) is 25.6. The van der Waals surface area contributed by atoms with Gasteiger partial charge in [0.25, 0.3) is 0 Å². The number of esters is 1. The molecular weight excluding hydrogens is 568 g/mol. The van der Waals surface area contributed by atoms with E-state index in [0.29, 0.717) is 54.3 Å². The lowest BCUT2D eigenvalue weighted by atomic mass is 10.00. The minimum absolute atomic E-state index is 0.103. The number of hydrogen-bond donors (Lipinski definition) is 1. The van der Waals surface area contributed by atoms with Crippen LogP contribution in [0, 0.1) is 5.92 Å². The molecule has 0 aliphatic heterocycles. The summed E-state index contributed by atoms with van der Waals surface area (Å²) < 4.78 is 16.4. The molecule has 0 spiro atoms. The van der Waals surface area contributed by atoms with Crippen molar-refractivity contribution in [3.8, 4) is 11.5 Å². The first-order valence-corrected chi connectivity index (χ1v) is 15.2. The second kappa shape index (κ2) is 15.1. The summed E-state index contributed by atoms with van der Waals surface area (Å²) in [7, 11) is 2.97. The van der Waals surface area contributed by atoms with Crippen LogP contribution in [0.4, 0.5) is 11.4 Å². The Morgan fingerprint density at radius 2 is 1.58 bits per heavy atom. The van der Waals surface area contributed by atoms with Gasteiger partial charge in [0.1, 0.15) is 17.5 Å². The van der Waals surface area contributed by atoms with Gasteiger partial charge in [-0.25, -0.2) is 4.79 Å². The van der Waals surface area contributed by atoms with Crippen LogP contribution >= 0.6 is 0 Å². The van der Waals surface area contributed by atoms with Crippen LogP contribution in [0.3, 0.4) is 0 Å². The third kappa shape index (κ3) is 8.29. The van der Waals surface area contributed by atoms with Crippen molar-refractivity contribution >= 4 is 29.0 Å². The van der Waals surface area contributed by atoms with Crippen LogP contribution in [0.15, 0.2) is 103 Å². The summed E-state index contributed by atoms with van der Waals surface area (Å²) in [6.07, 6.45) is 2.88. The minimum atomic E-state index is -0.710. The fraction of sp³-hybridized carbons (Fsp3) is 0.270. The number of nitrogens with zero attached hydrogens (tertiary/aromatic N) is 1. The van der Waals surface area contributed by atoms with Crippen molar-refractivity contribution in [2.75, 3.05) is 37.6 Å². The molecule has 0 saturated heterocycles. The molecule has 0 heterocycles. The number of carbonyl (C=O) groups excluding carboxylic acids is 3. The molecule has 4 aromatic rings. The van der Waals surface area contributed by atoms with Gasteiger partial charge in [-0.1, -0.05) is 60.7 Å². The maximum Gasteiger partial charge on any atom is 0.328 e. The van der Waals surface area contributed by atoms with Crippen molar-refractivity contribution in [2.24, 2.45) is 5.92 Å². The molecule has 0 unspecified atom stereocenters. The average Bonchev–Trinajstić information content (AvgIpc) is 3.94. The molecule has 1 fully saturated rings. The largest absolute Gasteiger partial charge is 0.497 e.